The number of benzene rings is 3. The molecule has 0 amide bonds. The fraction of sp³-hybridized carbons (Fsp3) is 0.136. The lowest BCUT2D eigenvalue weighted by Gasteiger charge is -2.18. The average Bonchev–Trinajstić information content (AvgIpc) is 2.70. The van der Waals surface area contributed by atoms with Crippen molar-refractivity contribution < 1.29 is 30.6 Å². The molecule has 0 fully saturated rings. The van der Waals surface area contributed by atoms with Gasteiger partial charge in [0.05, 0.1) is 5.92 Å². The van der Waals surface area contributed by atoms with Crippen LogP contribution in [0.5, 0.6) is 5.75 Å². The molecular formula is C22H16ClF3O4S. The topological polar surface area (TPSA) is 60.4 Å². The molecule has 0 spiro atoms. The van der Waals surface area contributed by atoms with Crippen molar-refractivity contribution in [2.45, 2.75) is 18.3 Å². The van der Waals surface area contributed by atoms with Crippen LogP contribution in [0.1, 0.15) is 33.0 Å². The quantitative estimate of drug-likeness (QED) is 0.257. The third-order valence-corrected chi connectivity index (χ3v) is 5.70. The van der Waals surface area contributed by atoms with Crippen LogP contribution >= 0.6 is 11.6 Å². The maximum atomic E-state index is 13.3. The first-order valence-electron chi connectivity index (χ1n) is 8.95. The highest BCUT2D eigenvalue weighted by Gasteiger charge is 2.48. The smallest absolute Gasteiger partial charge is 0.376 e. The van der Waals surface area contributed by atoms with E-state index in [2.05, 4.69) is 4.18 Å². The predicted molar refractivity (Wildman–Crippen MR) is 111 cm³/mol. The van der Waals surface area contributed by atoms with E-state index in [0.717, 1.165) is 17.7 Å². The number of alkyl halides is 3. The van der Waals surface area contributed by atoms with Gasteiger partial charge < -0.3 is 4.18 Å². The van der Waals surface area contributed by atoms with E-state index in [9.17, 15) is 26.4 Å². The summed E-state index contributed by atoms with van der Waals surface area (Å²) in [6, 6.07) is 18.5. The van der Waals surface area contributed by atoms with Crippen LogP contribution in [0.15, 0.2) is 72.8 Å². The Morgan fingerprint density at radius 2 is 1.48 bits per heavy atom. The normalized spacial score (nSPS) is 12.9. The van der Waals surface area contributed by atoms with Gasteiger partial charge in [0.2, 0.25) is 0 Å². The van der Waals surface area contributed by atoms with Crippen molar-refractivity contribution in [2.24, 2.45) is 0 Å². The molecule has 0 saturated heterocycles. The van der Waals surface area contributed by atoms with Gasteiger partial charge in [0.1, 0.15) is 5.75 Å². The first kappa shape index (κ1) is 22.8. The predicted octanol–water partition coefficient (Wildman–Crippen LogP) is 5.89. The highest BCUT2D eigenvalue weighted by Crippen LogP contribution is 2.32. The van der Waals surface area contributed by atoms with Gasteiger partial charge in [-0.15, -0.1) is 0 Å². The second-order valence-electron chi connectivity index (χ2n) is 6.77. The second-order valence-corrected chi connectivity index (χ2v) is 8.74. The van der Waals surface area contributed by atoms with Gasteiger partial charge in [-0.25, -0.2) is 0 Å². The number of carbonyl (C=O) groups excluding carboxylic acids is 1. The fourth-order valence-corrected chi connectivity index (χ4v) is 3.59. The molecule has 0 aliphatic carbocycles. The molecule has 0 aliphatic rings. The van der Waals surface area contributed by atoms with Gasteiger partial charge in [-0.3, -0.25) is 4.79 Å². The molecule has 0 aliphatic heterocycles. The number of ketones is 1. The molecule has 3 rings (SSSR count). The van der Waals surface area contributed by atoms with E-state index >= 15 is 0 Å². The average molecular weight is 469 g/mol. The van der Waals surface area contributed by atoms with Crippen molar-refractivity contribution in [3.63, 3.8) is 0 Å². The van der Waals surface area contributed by atoms with Gasteiger partial charge in [0.25, 0.3) is 0 Å². The zero-order chi connectivity index (χ0) is 22.8. The van der Waals surface area contributed by atoms with Crippen LogP contribution in [0.4, 0.5) is 13.2 Å². The van der Waals surface area contributed by atoms with Crippen LogP contribution in [0.3, 0.4) is 0 Å². The Hall–Kier alpha value is -2.84. The molecule has 3 aromatic rings. The molecular weight excluding hydrogens is 453 g/mol. The highest BCUT2D eigenvalue weighted by atomic mass is 35.5. The standard InChI is InChI=1S/C22H16ClF3O4S/c1-14-3-2-4-17(13-14)21(27)20(15-5-9-18(23)10-6-15)16-7-11-19(12-8-16)30-31(28,29)22(24,25)26/h2-13,20H,1H3. The summed E-state index contributed by atoms with van der Waals surface area (Å²) in [4.78, 5) is 13.3. The van der Waals surface area contributed by atoms with Gasteiger partial charge in [-0.2, -0.15) is 21.6 Å². The van der Waals surface area contributed by atoms with Crippen molar-refractivity contribution in [3.8, 4) is 5.75 Å². The Bertz CT molecular complexity index is 1190. The van der Waals surface area contributed by atoms with Crippen LogP contribution in [0.2, 0.25) is 5.02 Å². The molecule has 0 N–H and O–H groups in total. The monoisotopic (exact) mass is 468 g/mol. The molecule has 0 aromatic heterocycles. The molecule has 31 heavy (non-hydrogen) atoms. The van der Waals surface area contributed by atoms with Crippen LogP contribution in [-0.2, 0) is 10.1 Å². The summed E-state index contributed by atoms with van der Waals surface area (Å²) in [6.07, 6.45) is 0. The first-order valence-corrected chi connectivity index (χ1v) is 10.7. The van der Waals surface area contributed by atoms with Crippen LogP contribution in [-0.4, -0.2) is 19.7 Å². The Kier molecular flexibility index (Phi) is 6.43. The zero-order valence-corrected chi connectivity index (χ0v) is 17.6. The molecule has 0 bridgehead atoms. The first-order chi connectivity index (χ1) is 14.5. The number of hydrogen-bond donors (Lipinski definition) is 0. The largest absolute Gasteiger partial charge is 0.534 e. The van der Waals surface area contributed by atoms with Crippen LogP contribution in [0, 0.1) is 6.92 Å². The minimum Gasteiger partial charge on any atom is -0.376 e. The van der Waals surface area contributed by atoms with Gasteiger partial charge in [0.15, 0.2) is 5.78 Å². The Morgan fingerprint density at radius 3 is 2.00 bits per heavy atom. The molecule has 0 saturated carbocycles. The van der Waals surface area contributed by atoms with E-state index in [1.54, 1.807) is 42.5 Å². The van der Waals surface area contributed by atoms with Crippen molar-refractivity contribution in [1.82, 2.24) is 0 Å². The molecule has 162 valence electrons. The molecule has 0 heterocycles. The van der Waals surface area contributed by atoms with Crippen LogP contribution < -0.4 is 4.18 Å². The summed E-state index contributed by atoms with van der Waals surface area (Å²) in [5, 5.41) is 0.478. The Balaban J connectivity index is 2.00. The Labute approximate surface area is 182 Å². The lowest BCUT2D eigenvalue weighted by Crippen LogP contribution is -2.28. The van der Waals surface area contributed by atoms with E-state index in [0.29, 0.717) is 21.7 Å². The SMILES string of the molecule is Cc1cccc(C(=O)C(c2ccc(Cl)cc2)c2ccc(OS(=O)(=O)C(F)(F)F)cc2)c1. The number of hydrogen-bond acceptors (Lipinski definition) is 4. The van der Waals surface area contributed by atoms with E-state index < -0.39 is 27.3 Å². The summed E-state index contributed by atoms with van der Waals surface area (Å²) in [5.74, 6) is -1.53. The molecule has 4 nitrogen and oxygen atoms in total. The lowest BCUT2D eigenvalue weighted by atomic mass is 9.84. The second kappa shape index (κ2) is 8.72. The third kappa shape index (κ3) is 5.26. The molecule has 3 aromatic carbocycles. The fourth-order valence-electron chi connectivity index (χ4n) is 3.01. The summed E-state index contributed by atoms with van der Waals surface area (Å²) in [5.41, 5.74) is -3.13. The molecule has 9 heteroatoms. The minimum absolute atomic E-state index is 0.234. The maximum absolute atomic E-state index is 13.3. The van der Waals surface area contributed by atoms with Crippen molar-refractivity contribution in [3.05, 3.63) is 100 Å². The van der Waals surface area contributed by atoms with E-state index in [-0.39, 0.29) is 5.78 Å². The van der Waals surface area contributed by atoms with Gasteiger partial charge in [-0.1, -0.05) is 59.6 Å². The summed E-state index contributed by atoms with van der Waals surface area (Å²) in [7, 11) is -5.79. The maximum Gasteiger partial charge on any atom is 0.534 e. The number of Topliss-reactive ketones (excluding diaryl/α,β-unsaturated/α-hetero) is 1. The van der Waals surface area contributed by atoms with Gasteiger partial charge in [0, 0.05) is 10.6 Å². The summed E-state index contributed by atoms with van der Waals surface area (Å²) < 4.78 is 64.2. The molecule has 1 unspecified atom stereocenters. The van der Waals surface area contributed by atoms with E-state index in [1.807, 2.05) is 13.0 Å². The summed E-state index contributed by atoms with van der Waals surface area (Å²) >= 11 is 5.95. The van der Waals surface area contributed by atoms with Gasteiger partial charge >= 0.3 is 15.6 Å². The Morgan fingerprint density at radius 1 is 0.935 bits per heavy atom. The number of rotatable bonds is 6. The number of aryl methyl sites for hydroxylation is 1. The lowest BCUT2D eigenvalue weighted by molar-refractivity contribution is -0.0500. The molecule has 0 radical (unpaired) electrons. The minimum atomic E-state index is -5.79. The zero-order valence-electron chi connectivity index (χ0n) is 16.1. The van der Waals surface area contributed by atoms with Crippen molar-refractivity contribution in [1.29, 1.82) is 0 Å². The highest BCUT2D eigenvalue weighted by molar-refractivity contribution is 7.88. The van der Waals surface area contributed by atoms with E-state index in [4.69, 9.17) is 11.6 Å². The molecule has 1 atom stereocenters. The van der Waals surface area contributed by atoms with Crippen LogP contribution in [0.25, 0.3) is 0 Å². The number of carbonyl (C=O) groups is 1. The third-order valence-electron chi connectivity index (χ3n) is 4.47. The van der Waals surface area contributed by atoms with E-state index in [1.165, 1.54) is 12.1 Å². The number of halogens is 4. The summed E-state index contributed by atoms with van der Waals surface area (Å²) in [6.45, 7) is 1.85. The van der Waals surface area contributed by atoms with Crippen molar-refractivity contribution >= 4 is 27.5 Å². The van der Waals surface area contributed by atoms with Gasteiger partial charge in [-0.05, 0) is 48.4 Å². The van der Waals surface area contributed by atoms with Crippen molar-refractivity contribution in [2.75, 3.05) is 0 Å².